The molecule has 1 aromatic carbocycles. The lowest BCUT2D eigenvalue weighted by Gasteiger charge is -2.08. The van der Waals surface area contributed by atoms with E-state index in [0.29, 0.717) is 12.2 Å². The lowest BCUT2D eigenvalue weighted by atomic mass is 10.1. The van der Waals surface area contributed by atoms with E-state index >= 15 is 0 Å². The molecule has 1 aromatic heterocycles. The summed E-state index contributed by atoms with van der Waals surface area (Å²) in [5, 5.41) is 6.24. The molecule has 0 unspecified atom stereocenters. The number of aromatic nitrogens is 1. The Balaban J connectivity index is 1.68. The molecule has 0 atom stereocenters. The molecule has 0 bridgehead atoms. The quantitative estimate of drug-likeness (QED) is 0.893. The highest BCUT2D eigenvalue weighted by molar-refractivity contribution is 5.93. The molecule has 0 saturated carbocycles. The van der Waals surface area contributed by atoms with Crippen LogP contribution in [0.25, 0.3) is 0 Å². The van der Waals surface area contributed by atoms with E-state index in [2.05, 4.69) is 33.8 Å². The SMILES string of the molecule is Cc1cccnc1C(=O)NCc1ccc2c(c1)CNC2. The molecule has 4 nitrogen and oxygen atoms in total. The number of carbonyl (C=O) groups is 1. The van der Waals surface area contributed by atoms with E-state index in [-0.39, 0.29) is 5.91 Å². The fraction of sp³-hybridized carbons (Fsp3) is 0.250. The number of nitrogens with one attached hydrogen (secondary N) is 2. The average molecular weight is 267 g/mol. The summed E-state index contributed by atoms with van der Waals surface area (Å²) in [6, 6.07) is 10.1. The van der Waals surface area contributed by atoms with Crippen LogP contribution >= 0.6 is 0 Å². The van der Waals surface area contributed by atoms with Crippen molar-refractivity contribution < 1.29 is 4.79 Å². The standard InChI is InChI=1S/C16H17N3O/c1-11-3-2-6-18-15(11)16(20)19-8-12-4-5-13-9-17-10-14(13)7-12/h2-7,17H,8-10H2,1H3,(H,19,20). The van der Waals surface area contributed by atoms with E-state index in [1.807, 2.05) is 19.1 Å². The summed E-state index contributed by atoms with van der Waals surface area (Å²) in [4.78, 5) is 16.2. The topological polar surface area (TPSA) is 54.0 Å². The number of rotatable bonds is 3. The third-order valence-corrected chi connectivity index (χ3v) is 3.58. The normalized spacial score (nSPS) is 13.1. The van der Waals surface area contributed by atoms with Crippen LogP contribution < -0.4 is 10.6 Å². The summed E-state index contributed by atoms with van der Waals surface area (Å²) < 4.78 is 0. The van der Waals surface area contributed by atoms with Crippen molar-refractivity contribution in [2.45, 2.75) is 26.6 Å². The van der Waals surface area contributed by atoms with Crippen molar-refractivity contribution in [3.05, 3.63) is 64.5 Å². The lowest BCUT2D eigenvalue weighted by Crippen LogP contribution is -2.24. The summed E-state index contributed by atoms with van der Waals surface area (Å²) >= 11 is 0. The van der Waals surface area contributed by atoms with Gasteiger partial charge in [-0.05, 0) is 35.2 Å². The average Bonchev–Trinajstić information content (AvgIpc) is 2.92. The molecule has 2 aromatic rings. The largest absolute Gasteiger partial charge is 0.347 e. The van der Waals surface area contributed by atoms with Gasteiger partial charge in [-0.25, -0.2) is 0 Å². The summed E-state index contributed by atoms with van der Waals surface area (Å²) in [5.41, 5.74) is 5.18. The van der Waals surface area contributed by atoms with Crippen molar-refractivity contribution in [1.82, 2.24) is 15.6 Å². The minimum atomic E-state index is -0.123. The van der Waals surface area contributed by atoms with Crippen LogP contribution in [0.5, 0.6) is 0 Å². The highest BCUT2D eigenvalue weighted by atomic mass is 16.1. The first kappa shape index (κ1) is 12.8. The number of hydrogen-bond acceptors (Lipinski definition) is 3. The van der Waals surface area contributed by atoms with E-state index in [4.69, 9.17) is 0 Å². The van der Waals surface area contributed by atoms with Gasteiger partial charge in [-0.15, -0.1) is 0 Å². The van der Waals surface area contributed by atoms with E-state index < -0.39 is 0 Å². The van der Waals surface area contributed by atoms with Gasteiger partial charge >= 0.3 is 0 Å². The Morgan fingerprint density at radius 3 is 3.00 bits per heavy atom. The van der Waals surface area contributed by atoms with Gasteiger partial charge in [-0.2, -0.15) is 0 Å². The Kier molecular flexibility index (Phi) is 3.48. The van der Waals surface area contributed by atoms with Gasteiger partial charge in [0.05, 0.1) is 0 Å². The van der Waals surface area contributed by atoms with Crippen LogP contribution in [0.1, 0.15) is 32.7 Å². The summed E-state index contributed by atoms with van der Waals surface area (Å²) in [6.07, 6.45) is 1.64. The maximum Gasteiger partial charge on any atom is 0.270 e. The number of aryl methyl sites for hydroxylation is 1. The first-order valence-corrected chi connectivity index (χ1v) is 6.75. The predicted octanol–water partition coefficient (Wildman–Crippen LogP) is 1.92. The fourth-order valence-corrected chi connectivity index (χ4v) is 2.45. The van der Waals surface area contributed by atoms with E-state index in [1.165, 1.54) is 11.1 Å². The smallest absolute Gasteiger partial charge is 0.270 e. The molecule has 0 spiro atoms. The number of carbonyl (C=O) groups excluding carboxylic acids is 1. The second kappa shape index (κ2) is 5.43. The van der Waals surface area contributed by atoms with Crippen LogP contribution in [0.2, 0.25) is 0 Å². The Bertz CT molecular complexity index is 652. The van der Waals surface area contributed by atoms with Crippen LogP contribution in [0.3, 0.4) is 0 Å². The zero-order valence-electron chi connectivity index (χ0n) is 11.4. The van der Waals surface area contributed by atoms with Crippen LogP contribution in [-0.4, -0.2) is 10.9 Å². The molecular weight excluding hydrogens is 250 g/mol. The third-order valence-electron chi connectivity index (χ3n) is 3.58. The van der Waals surface area contributed by atoms with Gasteiger partial charge in [0.1, 0.15) is 5.69 Å². The Hall–Kier alpha value is -2.20. The third kappa shape index (κ3) is 2.56. The summed E-state index contributed by atoms with van der Waals surface area (Å²) in [7, 11) is 0. The molecule has 2 heterocycles. The maximum atomic E-state index is 12.1. The van der Waals surface area contributed by atoms with Crippen LogP contribution in [0, 0.1) is 6.92 Å². The summed E-state index contributed by atoms with van der Waals surface area (Å²) in [6.45, 7) is 4.27. The van der Waals surface area contributed by atoms with E-state index in [1.54, 1.807) is 6.20 Å². The molecule has 1 aliphatic heterocycles. The molecule has 3 rings (SSSR count). The zero-order valence-corrected chi connectivity index (χ0v) is 11.4. The summed E-state index contributed by atoms with van der Waals surface area (Å²) in [5.74, 6) is -0.123. The molecule has 0 saturated heterocycles. The van der Waals surface area contributed by atoms with Gasteiger partial charge < -0.3 is 10.6 Å². The molecule has 0 fully saturated rings. The number of hydrogen-bond donors (Lipinski definition) is 2. The van der Waals surface area contributed by atoms with Crippen LogP contribution in [0.4, 0.5) is 0 Å². The van der Waals surface area contributed by atoms with E-state index in [9.17, 15) is 4.79 Å². The first-order chi connectivity index (χ1) is 9.74. The molecule has 20 heavy (non-hydrogen) atoms. The molecule has 2 N–H and O–H groups in total. The Morgan fingerprint density at radius 1 is 1.30 bits per heavy atom. The second-order valence-corrected chi connectivity index (χ2v) is 5.06. The van der Waals surface area contributed by atoms with Gasteiger partial charge in [0.15, 0.2) is 0 Å². The molecule has 1 amide bonds. The first-order valence-electron chi connectivity index (χ1n) is 6.75. The number of amides is 1. The fourth-order valence-electron chi connectivity index (χ4n) is 2.45. The molecule has 0 aliphatic carbocycles. The van der Waals surface area contributed by atoms with Crippen molar-refractivity contribution in [2.24, 2.45) is 0 Å². The molecule has 0 radical (unpaired) electrons. The minimum Gasteiger partial charge on any atom is -0.347 e. The molecule has 1 aliphatic rings. The predicted molar refractivity (Wildman–Crippen MR) is 77.1 cm³/mol. The number of fused-ring (bicyclic) bond motifs is 1. The van der Waals surface area contributed by atoms with Crippen molar-refractivity contribution >= 4 is 5.91 Å². The highest BCUT2D eigenvalue weighted by Crippen LogP contribution is 2.17. The van der Waals surface area contributed by atoms with Crippen molar-refractivity contribution in [1.29, 1.82) is 0 Å². The monoisotopic (exact) mass is 267 g/mol. The molecule has 4 heteroatoms. The Morgan fingerprint density at radius 2 is 2.15 bits per heavy atom. The molecule has 102 valence electrons. The Labute approximate surface area is 118 Å². The van der Waals surface area contributed by atoms with Crippen molar-refractivity contribution in [2.75, 3.05) is 0 Å². The zero-order chi connectivity index (χ0) is 13.9. The highest BCUT2D eigenvalue weighted by Gasteiger charge is 2.12. The van der Waals surface area contributed by atoms with Gasteiger partial charge in [0, 0.05) is 25.8 Å². The van der Waals surface area contributed by atoms with Gasteiger partial charge in [-0.1, -0.05) is 24.3 Å². The lowest BCUT2D eigenvalue weighted by molar-refractivity contribution is 0.0945. The van der Waals surface area contributed by atoms with Crippen LogP contribution in [-0.2, 0) is 19.6 Å². The molecular formula is C16H17N3O. The second-order valence-electron chi connectivity index (χ2n) is 5.06. The van der Waals surface area contributed by atoms with Gasteiger partial charge in [0.2, 0.25) is 0 Å². The number of nitrogens with zero attached hydrogens (tertiary/aromatic N) is 1. The van der Waals surface area contributed by atoms with Crippen molar-refractivity contribution in [3.63, 3.8) is 0 Å². The number of benzene rings is 1. The maximum absolute atomic E-state index is 12.1. The number of pyridine rings is 1. The van der Waals surface area contributed by atoms with E-state index in [0.717, 1.165) is 24.2 Å². The van der Waals surface area contributed by atoms with Gasteiger partial charge in [0.25, 0.3) is 5.91 Å². The van der Waals surface area contributed by atoms with Crippen molar-refractivity contribution in [3.8, 4) is 0 Å². The van der Waals surface area contributed by atoms with Gasteiger partial charge in [-0.3, -0.25) is 9.78 Å². The van der Waals surface area contributed by atoms with Crippen LogP contribution in [0.15, 0.2) is 36.5 Å². The minimum absolute atomic E-state index is 0.123.